The van der Waals surface area contributed by atoms with Crippen molar-refractivity contribution in [1.82, 2.24) is 0 Å². The number of nitro benzene ring substituents is 1. The lowest BCUT2D eigenvalue weighted by molar-refractivity contribution is -0.387. The monoisotopic (exact) mass is 384 g/mol. The maximum Gasteiger partial charge on any atom is 0.387 e. The number of carbonyl (C=O) groups excluding carboxylic acids is 2. The van der Waals surface area contributed by atoms with Gasteiger partial charge in [-0.05, 0) is 36.4 Å². The third kappa shape index (κ3) is 5.70. The third-order valence-electron chi connectivity index (χ3n) is 3.08. The van der Waals surface area contributed by atoms with Crippen LogP contribution in [0.25, 0.3) is 0 Å². The number of hydrogen-bond acceptors (Lipinski definition) is 6. The maximum absolute atomic E-state index is 13.2. The number of esters is 1. The number of benzene rings is 2. The van der Waals surface area contributed by atoms with Crippen molar-refractivity contribution in [3.8, 4) is 5.75 Å². The minimum atomic E-state index is -3.01. The smallest absolute Gasteiger partial charge is 0.387 e. The number of nitrogens with one attached hydrogen (secondary N) is 1. The van der Waals surface area contributed by atoms with Gasteiger partial charge in [0.25, 0.3) is 5.91 Å². The van der Waals surface area contributed by atoms with E-state index in [9.17, 15) is 32.9 Å². The van der Waals surface area contributed by atoms with Gasteiger partial charge in [-0.15, -0.1) is 0 Å². The summed E-state index contributed by atoms with van der Waals surface area (Å²) in [5.41, 5.74) is -0.893. The van der Waals surface area contributed by atoms with Crippen molar-refractivity contribution in [2.45, 2.75) is 6.61 Å². The van der Waals surface area contributed by atoms with Gasteiger partial charge in [-0.25, -0.2) is 4.79 Å². The Labute approximate surface area is 149 Å². The van der Waals surface area contributed by atoms with Crippen LogP contribution in [-0.4, -0.2) is 30.0 Å². The van der Waals surface area contributed by atoms with Crippen LogP contribution in [0.1, 0.15) is 10.4 Å². The van der Waals surface area contributed by atoms with E-state index in [1.165, 1.54) is 12.1 Å². The predicted octanol–water partition coefficient (Wildman–Crippen LogP) is 3.13. The van der Waals surface area contributed by atoms with Gasteiger partial charge in [-0.2, -0.15) is 13.2 Å². The van der Waals surface area contributed by atoms with Gasteiger partial charge >= 0.3 is 18.3 Å². The van der Waals surface area contributed by atoms with Crippen molar-refractivity contribution < 1.29 is 37.2 Å². The van der Waals surface area contributed by atoms with Crippen molar-refractivity contribution in [2.24, 2.45) is 0 Å². The second-order valence-corrected chi connectivity index (χ2v) is 4.95. The number of nitro groups is 1. The molecule has 8 nitrogen and oxygen atoms in total. The molecule has 2 aromatic carbocycles. The number of amides is 1. The number of halogens is 3. The average molecular weight is 384 g/mol. The largest absolute Gasteiger partial charge is 0.452 e. The molecule has 0 atom stereocenters. The summed E-state index contributed by atoms with van der Waals surface area (Å²) in [6, 6.07) is 7.31. The zero-order chi connectivity index (χ0) is 20.0. The van der Waals surface area contributed by atoms with Crippen molar-refractivity contribution in [2.75, 3.05) is 11.9 Å². The Hall–Kier alpha value is -3.63. The first kappa shape index (κ1) is 19.7. The molecule has 1 N–H and O–H groups in total. The number of anilines is 1. The third-order valence-corrected chi connectivity index (χ3v) is 3.08. The topological polar surface area (TPSA) is 108 Å². The average Bonchev–Trinajstić information content (AvgIpc) is 2.61. The fourth-order valence-corrected chi connectivity index (χ4v) is 1.91. The zero-order valence-corrected chi connectivity index (χ0v) is 13.4. The van der Waals surface area contributed by atoms with Crippen molar-refractivity contribution in [1.29, 1.82) is 0 Å². The normalized spacial score (nSPS) is 10.4. The summed E-state index contributed by atoms with van der Waals surface area (Å²) in [5.74, 6) is -2.94. The number of hydrogen-bond donors (Lipinski definition) is 1. The Morgan fingerprint density at radius 3 is 2.41 bits per heavy atom. The van der Waals surface area contributed by atoms with E-state index >= 15 is 0 Å². The van der Waals surface area contributed by atoms with Crippen LogP contribution in [0.2, 0.25) is 0 Å². The van der Waals surface area contributed by atoms with Crippen LogP contribution in [0.3, 0.4) is 0 Å². The van der Waals surface area contributed by atoms with Gasteiger partial charge in [0.05, 0.1) is 10.5 Å². The molecule has 0 fully saturated rings. The molecule has 0 aliphatic rings. The molecule has 0 aromatic heterocycles. The summed E-state index contributed by atoms with van der Waals surface area (Å²) >= 11 is 0. The Kier molecular flexibility index (Phi) is 6.31. The highest BCUT2D eigenvalue weighted by atomic mass is 19.3. The number of carbonyl (C=O) groups is 2. The van der Waals surface area contributed by atoms with Gasteiger partial charge in [-0.3, -0.25) is 14.9 Å². The first-order valence-corrected chi connectivity index (χ1v) is 7.22. The van der Waals surface area contributed by atoms with Gasteiger partial charge in [-0.1, -0.05) is 0 Å². The van der Waals surface area contributed by atoms with Crippen LogP contribution in [0, 0.1) is 15.9 Å². The summed E-state index contributed by atoms with van der Waals surface area (Å²) < 4.78 is 46.2. The van der Waals surface area contributed by atoms with E-state index < -0.39 is 41.5 Å². The summed E-state index contributed by atoms with van der Waals surface area (Å²) in [7, 11) is 0. The Bertz CT molecular complexity index is 858. The van der Waals surface area contributed by atoms with Crippen LogP contribution >= 0.6 is 0 Å². The minimum Gasteiger partial charge on any atom is -0.452 e. The zero-order valence-electron chi connectivity index (χ0n) is 13.4. The van der Waals surface area contributed by atoms with E-state index in [4.69, 9.17) is 4.74 Å². The Balaban J connectivity index is 1.90. The highest BCUT2D eigenvalue weighted by Gasteiger charge is 2.16. The van der Waals surface area contributed by atoms with Crippen molar-refractivity contribution >= 4 is 23.3 Å². The van der Waals surface area contributed by atoms with E-state index in [0.29, 0.717) is 0 Å². The minimum absolute atomic E-state index is 0.0122. The molecule has 2 rings (SSSR count). The quantitative estimate of drug-likeness (QED) is 0.446. The molecule has 0 aliphatic heterocycles. The van der Waals surface area contributed by atoms with E-state index in [2.05, 4.69) is 10.1 Å². The van der Waals surface area contributed by atoms with Crippen LogP contribution in [0.15, 0.2) is 42.5 Å². The predicted molar refractivity (Wildman–Crippen MR) is 85.0 cm³/mol. The molecule has 0 unspecified atom stereocenters. The highest BCUT2D eigenvalue weighted by molar-refractivity contribution is 5.95. The Morgan fingerprint density at radius 2 is 1.81 bits per heavy atom. The number of rotatable bonds is 7. The molecule has 0 bridgehead atoms. The molecule has 0 aliphatic carbocycles. The fraction of sp³-hybridized carbons (Fsp3) is 0.125. The molecule has 142 valence electrons. The SMILES string of the molecule is O=C(COC(=O)c1ccc(OC(F)F)cc1)Nc1ccc(F)c([N+](=O)[O-])c1. The fourth-order valence-electron chi connectivity index (χ4n) is 1.91. The summed E-state index contributed by atoms with van der Waals surface area (Å²) in [5, 5.41) is 12.9. The van der Waals surface area contributed by atoms with Crippen LogP contribution < -0.4 is 10.1 Å². The lowest BCUT2D eigenvalue weighted by Crippen LogP contribution is -2.21. The first-order chi connectivity index (χ1) is 12.8. The van der Waals surface area contributed by atoms with E-state index in [-0.39, 0.29) is 17.0 Å². The number of ether oxygens (including phenoxy) is 2. The van der Waals surface area contributed by atoms with Gasteiger partial charge in [0.15, 0.2) is 6.61 Å². The van der Waals surface area contributed by atoms with Crippen molar-refractivity contribution in [3.05, 3.63) is 64.0 Å². The second kappa shape index (κ2) is 8.65. The van der Waals surface area contributed by atoms with Gasteiger partial charge in [0.1, 0.15) is 5.75 Å². The van der Waals surface area contributed by atoms with Gasteiger partial charge < -0.3 is 14.8 Å². The summed E-state index contributed by atoms with van der Waals surface area (Å²) in [4.78, 5) is 33.2. The van der Waals surface area contributed by atoms with Crippen LogP contribution in [0.5, 0.6) is 5.75 Å². The molecule has 11 heteroatoms. The standard InChI is InChI=1S/C16H11F3N2O6/c17-12-6-3-10(7-13(12)21(24)25)20-14(22)8-26-15(23)9-1-4-11(5-2-9)27-16(18)19/h1-7,16H,8H2,(H,20,22). The summed E-state index contributed by atoms with van der Waals surface area (Å²) in [6.07, 6.45) is 0. The highest BCUT2D eigenvalue weighted by Crippen LogP contribution is 2.21. The molecule has 0 spiro atoms. The van der Waals surface area contributed by atoms with Crippen LogP contribution in [-0.2, 0) is 9.53 Å². The molecule has 2 aromatic rings. The molecule has 27 heavy (non-hydrogen) atoms. The van der Waals surface area contributed by atoms with Gasteiger partial charge in [0, 0.05) is 11.8 Å². The number of nitrogens with zero attached hydrogens (tertiary/aromatic N) is 1. The second-order valence-electron chi connectivity index (χ2n) is 4.95. The summed E-state index contributed by atoms with van der Waals surface area (Å²) in [6.45, 7) is -3.73. The number of alkyl halides is 2. The molecule has 1 amide bonds. The van der Waals surface area contributed by atoms with E-state index in [1.807, 2.05) is 0 Å². The Morgan fingerprint density at radius 1 is 1.15 bits per heavy atom. The van der Waals surface area contributed by atoms with Crippen molar-refractivity contribution in [3.63, 3.8) is 0 Å². The first-order valence-electron chi connectivity index (χ1n) is 7.22. The van der Waals surface area contributed by atoms with E-state index in [1.54, 1.807) is 0 Å². The molecule has 0 heterocycles. The van der Waals surface area contributed by atoms with Gasteiger partial charge in [0.2, 0.25) is 5.82 Å². The van der Waals surface area contributed by atoms with E-state index in [0.717, 1.165) is 30.3 Å². The molecular weight excluding hydrogens is 373 g/mol. The molecule has 0 saturated heterocycles. The van der Waals surface area contributed by atoms with Crippen LogP contribution in [0.4, 0.5) is 24.5 Å². The molecule has 0 radical (unpaired) electrons. The lowest BCUT2D eigenvalue weighted by atomic mass is 10.2. The lowest BCUT2D eigenvalue weighted by Gasteiger charge is -2.08. The molecular formula is C16H11F3N2O6. The molecule has 0 saturated carbocycles. The maximum atomic E-state index is 13.2.